The first-order valence-corrected chi connectivity index (χ1v) is 8.44. The van der Waals surface area contributed by atoms with Gasteiger partial charge in [0.1, 0.15) is 6.61 Å². The predicted molar refractivity (Wildman–Crippen MR) is 93.8 cm³/mol. The second-order valence-corrected chi connectivity index (χ2v) is 6.72. The third-order valence-electron chi connectivity index (χ3n) is 4.47. The molecule has 2 aromatic heterocycles. The maximum atomic E-state index is 11.7. The van der Waals surface area contributed by atoms with E-state index >= 15 is 0 Å². The van der Waals surface area contributed by atoms with Gasteiger partial charge in [0.15, 0.2) is 0 Å². The molecule has 3 heterocycles. The summed E-state index contributed by atoms with van der Waals surface area (Å²) in [6, 6.07) is 4.04. The monoisotopic (exact) mass is 343 g/mol. The Balaban J connectivity index is 1.67. The predicted octanol–water partition coefficient (Wildman–Crippen LogP) is 1.02. The number of fused-ring (bicyclic) bond motifs is 1. The molecule has 0 aromatic carbocycles. The van der Waals surface area contributed by atoms with E-state index in [9.17, 15) is 4.79 Å². The van der Waals surface area contributed by atoms with Gasteiger partial charge in [-0.05, 0) is 11.6 Å². The highest BCUT2D eigenvalue weighted by atomic mass is 16.5. The molecule has 1 aliphatic rings. The van der Waals surface area contributed by atoms with Gasteiger partial charge in [0, 0.05) is 64.8 Å². The molecule has 25 heavy (non-hydrogen) atoms. The molecule has 0 spiro atoms. The largest absolute Gasteiger partial charge is 0.371 e. The Morgan fingerprint density at radius 3 is 3.00 bits per heavy atom. The standard InChI is InChI=1S/C18H25N5O2/c1-21(2)17(24)12-25-11-15-9-23(8-14-5-4-6-19-7-14)10-16-18(15)22(3)13-20-16/h4-7,13,15H,8-12H2,1-3H3. The van der Waals surface area contributed by atoms with E-state index in [0.717, 1.165) is 25.3 Å². The number of likely N-dealkylation sites (N-methyl/N-ethyl adjacent to an activating group) is 1. The van der Waals surface area contributed by atoms with Crippen LogP contribution in [-0.4, -0.2) is 64.1 Å². The molecule has 1 amide bonds. The second kappa shape index (κ2) is 7.76. The van der Waals surface area contributed by atoms with Crippen LogP contribution in [0.1, 0.15) is 22.9 Å². The van der Waals surface area contributed by atoms with Crippen molar-refractivity contribution in [1.82, 2.24) is 24.3 Å². The van der Waals surface area contributed by atoms with Crippen molar-refractivity contribution in [2.75, 3.05) is 33.9 Å². The molecule has 3 rings (SSSR count). The van der Waals surface area contributed by atoms with E-state index in [0.29, 0.717) is 6.61 Å². The molecule has 0 aliphatic carbocycles. The number of nitrogens with zero attached hydrogens (tertiary/aromatic N) is 5. The van der Waals surface area contributed by atoms with E-state index < -0.39 is 0 Å². The first-order chi connectivity index (χ1) is 12.0. The fourth-order valence-electron chi connectivity index (χ4n) is 3.23. The Bertz CT molecular complexity index is 714. The molecule has 0 saturated heterocycles. The number of pyridine rings is 1. The van der Waals surface area contributed by atoms with Gasteiger partial charge in [-0.25, -0.2) is 4.98 Å². The van der Waals surface area contributed by atoms with Crippen molar-refractivity contribution in [3.63, 3.8) is 0 Å². The molecule has 1 unspecified atom stereocenters. The van der Waals surface area contributed by atoms with Crippen LogP contribution in [0.25, 0.3) is 0 Å². The zero-order chi connectivity index (χ0) is 17.8. The lowest BCUT2D eigenvalue weighted by molar-refractivity contribution is -0.133. The average molecular weight is 343 g/mol. The number of hydrogen-bond donors (Lipinski definition) is 0. The van der Waals surface area contributed by atoms with Crippen LogP contribution in [0.5, 0.6) is 0 Å². The van der Waals surface area contributed by atoms with Crippen LogP contribution in [0, 0.1) is 0 Å². The smallest absolute Gasteiger partial charge is 0.248 e. The van der Waals surface area contributed by atoms with E-state index in [1.807, 2.05) is 25.6 Å². The Kier molecular flexibility index (Phi) is 5.45. The lowest BCUT2D eigenvalue weighted by Gasteiger charge is -2.32. The van der Waals surface area contributed by atoms with Crippen LogP contribution in [0.3, 0.4) is 0 Å². The van der Waals surface area contributed by atoms with E-state index in [1.54, 1.807) is 25.2 Å². The van der Waals surface area contributed by atoms with Crippen LogP contribution in [-0.2, 0) is 29.7 Å². The van der Waals surface area contributed by atoms with Gasteiger partial charge in [0.05, 0.1) is 18.6 Å². The zero-order valence-electron chi connectivity index (χ0n) is 15.1. The van der Waals surface area contributed by atoms with Crippen LogP contribution < -0.4 is 0 Å². The average Bonchev–Trinajstić information content (AvgIpc) is 2.96. The summed E-state index contributed by atoms with van der Waals surface area (Å²) in [5.74, 6) is 0.177. The van der Waals surface area contributed by atoms with Crippen LogP contribution in [0.2, 0.25) is 0 Å². The summed E-state index contributed by atoms with van der Waals surface area (Å²) < 4.78 is 7.77. The van der Waals surface area contributed by atoms with Crippen molar-refractivity contribution in [2.45, 2.75) is 19.0 Å². The van der Waals surface area contributed by atoms with E-state index in [1.165, 1.54) is 11.3 Å². The number of ether oxygens (including phenoxy) is 1. The second-order valence-electron chi connectivity index (χ2n) is 6.72. The summed E-state index contributed by atoms with van der Waals surface area (Å²) in [5, 5.41) is 0. The van der Waals surface area contributed by atoms with E-state index in [4.69, 9.17) is 4.74 Å². The van der Waals surface area contributed by atoms with Gasteiger partial charge in [-0.2, -0.15) is 0 Å². The van der Waals surface area contributed by atoms with Crippen LogP contribution in [0.4, 0.5) is 0 Å². The van der Waals surface area contributed by atoms with E-state index in [2.05, 4.69) is 25.5 Å². The van der Waals surface area contributed by atoms with Crippen LogP contribution in [0.15, 0.2) is 30.9 Å². The minimum absolute atomic E-state index is 0.0201. The van der Waals surface area contributed by atoms with Gasteiger partial charge in [-0.15, -0.1) is 0 Å². The quantitative estimate of drug-likeness (QED) is 0.784. The minimum atomic E-state index is -0.0201. The maximum Gasteiger partial charge on any atom is 0.248 e. The lowest BCUT2D eigenvalue weighted by Crippen LogP contribution is -2.36. The summed E-state index contributed by atoms with van der Waals surface area (Å²) in [5.41, 5.74) is 3.48. The normalized spacial score (nSPS) is 17.3. The molecule has 1 atom stereocenters. The molecule has 0 radical (unpaired) electrons. The Morgan fingerprint density at radius 2 is 2.28 bits per heavy atom. The van der Waals surface area contributed by atoms with Crippen molar-refractivity contribution in [3.05, 3.63) is 47.8 Å². The molecule has 7 nitrogen and oxygen atoms in total. The van der Waals surface area contributed by atoms with Crippen molar-refractivity contribution in [1.29, 1.82) is 0 Å². The summed E-state index contributed by atoms with van der Waals surface area (Å²) in [6.07, 6.45) is 5.54. The lowest BCUT2D eigenvalue weighted by atomic mass is 9.98. The molecular formula is C18H25N5O2. The van der Waals surface area contributed by atoms with Gasteiger partial charge >= 0.3 is 0 Å². The SMILES string of the molecule is CN(C)C(=O)COCC1CN(Cc2cccnc2)Cc2ncn(C)c21. The van der Waals surface area contributed by atoms with Gasteiger partial charge in [0.25, 0.3) is 0 Å². The van der Waals surface area contributed by atoms with Crippen LogP contribution >= 0.6 is 0 Å². The number of rotatable bonds is 6. The number of imidazole rings is 1. The summed E-state index contributed by atoms with van der Waals surface area (Å²) in [4.78, 5) is 24.4. The molecular weight excluding hydrogens is 318 g/mol. The fraction of sp³-hybridized carbons (Fsp3) is 0.500. The number of aromatic nitrogens is 3. The summed E-state index contributed by atoms with van der Waals surface area (Å²) >= 11 is 0. The molecule has 7 heteroatoms. The van der Waals surface area contributed by atoms with Gasteiger partial charge < -0.3 is 14.2 Å². The van der Waals surface area contributed by atoms with Crippen molar-refractivity contribution in [2.24, 2.45) is 7.05 Å². The first kappa shape index (κ1) is 17.6. The summed E-state index contributed by atoms with van der Waals surface area (Å²) in [7, 11) is 5.49. The summed E-state index contributed by atoms with van der Waals surface area (Å²) in [6.45, 7) is 3.14. The van der Waals surface area contributed by atoms with E-state index in [-0.39, 0.29) is 18.4 Å². The van der Waals surface area contributed by atoms with Crippen molar-refractivity contribution in [3.8, 4) is 0 Å². The number of carbonyl (C=O) groups excluding carboxylic acids is 1. The number of amides is 1. The Morgan fingerprint density at radius 1 is 1.44 bits per heavy atom. The van der Waals surface area contributed by atoms with Gasteiger partial charge in [-0.3, -0.25) is 14.7 Å². The number of hydrogen-bond acceptors (Lipinski definition) is 5. The molecule has 0 saturated carbocycles. The molecule has 0 N–H and O–H groups in total. The van der Waals surface area contributed by atoms with Crippen molar-refractivity contribution >= 4 is 5.91 Å². The zero-order valence-corrected chi connectivity index (χ0v) is 15.1. The fourth-order valence-corrected chi connectivity index (χ4v) is 3.23. The van der Waals surface area contributed by atoms with Gasteiger partial charge in [-0.1, -0.05) is 6.07 Å². The maximum absolute atomic E-state index is 11.7. The number of carbonyl (C=O) groups is 1. The molecule has 2 aromatic rings. The highest BCUT2D eigenvalue weighted by Gasteiger charge is 2.29. The number of aryl methyl sites for hydroxylation is 1. The minimum Gasteiger partial charge on any atom is -0.371 e. The third-order valence-corrected chi connectivity index (χ3v) is 4.47. The first-order valence-electron chi connectivity index (χ1n) is 8.44. The van der Waals surface area contributed by atoms with Crippen molar-refractivity contribution < 1.29 is 9.53 Å². The topological polar surface area (TPSA) is 63.5 Å². The molecule has 1 aliphatic heterocycles. The highest BCUT2D eigenvalue weighted by Crippen LogP contribution is 2.28. The molecule has 0 bridgehead atoms. The third kappa shape index (κ3) is 4.24. The highest BCUT2D eigenvalue weighted by molar-refractivity contribution is 5.76. The Hall–Kier alpha value is -2.25. The molecule has 134 valence electrons. The molecule has 0 fully saturated rings. The van der Waals surface area contributed by atoms with Gasteiger partial charge in [0.2, 0.25) is 5.91 Å². The Labute approximate surface area is 148 Å².